The maximum atomic E-state index is 11.9. The maximum absolute atomic E-state index is 11.9. The van der Waals surface area contributed by atoms with E-state index in [1.54, 1.807) is 5.51 Å². The Hall–Kier alpha value is -1.41. The minimum atomic E-state index is -0.782. The zero-order valence-corrected chi connectivity index (χ0v) is 9.72. The number of nitriles is 1. The third-order valence-electron chi connectivity index (χ3n) is 3.02. The van der Waals surface area contributed by atoms with E-state index in [2.05, 4.69) is 16.4 Å². The monoisotopic (exact) mass is 235 g/mol. The number of carbonyl (C=O) groups is 1. The van der Waals surface area contributed by atoms with Crippen molar-refractivity contribution in [3.05, 3.63) is 16.6 Å². The molecule has 1 amide bonds. The molecular weight excluding hydrogens is 222 g/mol. The molecule has 1 aliphatic rings. The molecule has 4 nitrogen and oxygen atoms in total. The topological polar surface area (TPSA) is 65.8 Å². The van der Waals surface area contributed by atoms with E-state index in [9.17, 15) is 4.79 Å². The van der Waals surface area contributed by atoms with Crippen molar-refractivity contribution in [2.24, 2.45) is 5.41 Å². The van der Waals surface area contributed by atoms with E-state index in [0.29, 0.717) is 19.4 Å². The van der Waals surface area contributed by atoms with Gasteiger partial charge in [0.25, 0.3) is 0 Å². The van der Waals surface area contributed by atoms with Crippen LogP contribution in [0.5, 0.6) is 0 Å². The summed E-state index contributed by atoms with van der Waals surface area (Å²) < 4.78 is 0. The van der Waals surface area contributed by atoms with Crippen molar-refractivity contribution in [2.45, 2.75) is 32.2 Å². The molecule has 0 aliphatic heterocycles. The van der Waals surface area contributed by atoms with Gasteiger partial charge in [0.05, 0.1) is 23.8 Å². The Morgan fingerprint density at radius 3 is 2.94 bits per heavy atom. The summed E-state index contributed by atoms with van der Waals surface area (Å²) in [5, 5.41) is 13.8. The Balaban J connectivity index is 1.95. The fourth-order valence-corrected chi connectivity index (χ4v) is 2.59. The van der Waals surface area contributed by atoms with Crippen LogP contribution in [0.25, 0.3) is 0 Å². The lowest BCUT2D eigenvalue weighted by Gasteiger charge is -2.18. The number of amides is 1. The number of thiazole rings is 1. The van der Waals surface area contributed by atoms with Gasteiger partial charge in [-0.3, -0.25) is 4.79 Å². The maximum Gasteiger partial charge on any atom is 0.240 e. The van der Waals surface area contributed by atoms with Crippen LogP contribution in [0.4, 0.5) is 0 Å². The Morgan fingerprint density at radius 1 is 1.62 bits per heavy atom. The van der Waals surface area contributed by atoms with Gasteiger partial charge in [0.1, 0.15) is 5.41 Å². The van der Waals surface area contributed by atoms with Crippen molar-refractivity contribution in [1.82, 2.24) is 10.3 Å². The molecule has 0 radical (unpaired) electrons. The largest absolute Gasteiger partial charge is 0.349 e. The Morgan fingerprint density at radius 2 is 2.38 bits per heavy atom. The van der Waals surface area contributed by atoms with Crippen LogP contribution in [0.15, 0.2) is 10.9 Å². The third kappa shape index (κ3) is 2.07. The first kappa shape index (κ1) is 11.1. The summed E-state index contributed by atoms with van der Waals surface area (Å²) in [6.07, 6.45) is 3.31. The lowest BCUT2D eigenvalue weighted by molar-refractivity contribution is -0.128. The fraction of sp³-hybridized carbons (Fsp3) is 0.545. The van der Waals surface area contributed by atoms with Crippen LogP contribution in [0, 0.1) is 16.7 Å². The van der Waals surface area contributed by atoms with Gasteiger partial charge in [-0.05, 0) is 12.8 Å². The molecular formula is C11H13N3OS. The van der Waals surface area contributed by atoms with Crippen molar-refractivity contribution < 1.29 is 4.79 Å². The molecule has 16 heavy (non-hydrogen) atoms. The lowest BCUT2D eigenvalue weighted by atomic mass is 9.87. The van der Waals surface area contributed by atoms with Gasteiger partial charge < -0.3 is 5.32 Å². The molecule has 2 rings (SSSR count). The van der Waals surface area contributed by atoms with E-state index in [0.717, 1.165) is 18.5 Å². The molecule has 0 spiro atoms. The van der Waals surface area contributed by atoms with E-state index in [1.807, 2.05) is 5.38 Å². The summed E-state index contributed by atoms with van der Waals surface area (Å²) >= 11 is 1.50. The second-order valence-corrected chi connectivity index (χ2v) is 4.78. The fourth-order valence-electron chi connectivity index (χ4n) is 2.03. The molecule has 5 heteroatoms. The molecule has 1 heterocycles. The average molecular weight is 235 g/mol. The minimum absolute atomic E-state index is 0.138. The van der Waals surface area contributed by atoms with Gasteiger partial charge in [-0.15, -0.1) is 11.3 Å². The van der Waals surface area contributed by atoms with Crippen LogP contribution in [0.1, 0.15) is 31.4 Å². The standard InChI is InChI=1S/C11H13N3OS/c12-7-11(3-1-2-4-11)10(15)13-5-9-6-16-8-14-9/h6,8H,1-5H2,(H,13,15). The highest BCUT2D eigenvalue weighted by atomic mass is 32.1. The van der Waals surface area contributed by atoms with Gasteiger partial charge >= 0.3 is 0 Å². The molecule has 1 fully saturated rings. The van der Waals surface area contributed by atoms with Crippen molar-refractivity contribution in [2.75, 3.05) is 0 Å². The van der Waals surface area contributed by atoms with Crippen LogP contribution < -0.4 is 5.32 Å². The summed E-state index contributed by atoms with van der Waals surface area (Å²) in [6, 6.07) is 2.18. The second kappa shape index (κ2) is 4.62. The molecule has 0 unspecified atom stereocenters. The highest BCUT2D eigenvalue weighted by Gasteiger charge is 2.41. The Labute approximate surface area is 98.3 Å². The van der Waals surface area contributed by atoms with E-state index < -0.39 is 5.41 Å². The highest BCUT2D eigenvalue weighted by molar-refractivity contribution is 7.07. The SMILES string of the molecule is N#CC1(C(=O)NCc2cscn2)CCCC1. The zero-order valence-electron chi connectivity index (χ0n) is 8.90. The van der Waals surface area contributed by atoms with Crippen LogP contribution in [-0.2, 0) is 11.3 Å². The van der Waals surface area contributed by atoms with E-state index in [4.69, 9.17) is 5.26 Å². The number of aromatic nitrogens is 1. The van der Waals surface area contributed by atoms with Crippen LogP contribution >= 0.6 is 11.3 Å². The number of hydrogen-bond acceptors (Lipinski definition) is 4. The van der Waals surface area contributed by atoms with Crippen molar-refractivity contribution in [3.63, 3.8) is 0 Å². The Bertz CT molecular complexity index is 401. The third-order valence-corrected chi connectivity index (χ3v) is 3.65. The number of nitrogens with one attached hydrogen (secondary N) is 1. The molecule has 1 N–H and O–H groups in total. The summed E-state index contributed by atoms with van der Waals surface area (Å²) in [6.45, 7) is 0.422. The first-order valence-corrected chi connectivity index (χ1v) is 6.28. The van der Waals surface area contributed by atoms with Crippen molar-refractivity contribution in [1.29, 1.82) is 5.26 Å². The molecule has 0 atom stereocenters. The number of nitrogens with zero attached hydrogens (tertiary/aromatic N) is 2. The van der Waals surface area contributed by atoms with Crippen molar-refractivity contribution in [3.8, 4) is 6.07 Å². The summed E-state index contributed by atoms with van der Waals surface area (Å²) in [5.74, 6) is -0.138. The Kier molecular flexibility index (Phi) is 3.20. The smallest absolute Gasteiger partial charge is 0.240 e. The summed E-state index contributed by atoms with van der Waals surface area (Å²) in [7, 11) is 0. The molecule has 0 bridgehead atoms. The molecule has 0 saturated heterocycles. The van der Waals surface area contributed by atoms with E-state index in [1.165, 1.54) is 11.3 Å². The van der Waals surface area contributed by atoms with Gasteiger partial charge in [-0.1, -0.05) is 12.8 Å². The molecule has 84 valence electrons. The normalized spacial score (nSPS) is 17.9. The minimum Gasteiger partial charge on any atom is -0.349 e. The summed E-state index contributed by atoms with van der Waals surface area (Å²) in [4.78, 5) is 16.0. The number of rotatable bonds is 3. The molecule has 1 saturated carbocycles. The van der Waals surface area contributed by atoms with Gasteiger partial charge in [0.2, 0.25) is 5.91 Å². The van der Waals surface area contributed by atoms with Crippen LogP contribution in [0.2, 0.25) is 0 Å². The average Bonchev–Trinajstić information content (AvgIpc) is 2.97. The molecule has 1 aromatic heterocycles. The quantitative estimate of drug-likeness (QED) is 0.869. The molecule has 1 aliphatic carbocycles. The molecule has 0 aromatic carbocycles. The second-order valence-electron chi connectivity index (χ2n) is 4.06. The van der Waals surface area contributed by atoms with Gasteiger partial charge in [-0.25, -0.2) is 4.98 Å². The number of hydrogen-bond donors (Lipinski definition) is 1. The first-order valence-electron chi connectivity index (χ1n) is 5.33. The van der Waals surface area contributed by atoms with Crippen molar-refractivity contribution >= 4 is 17.2 Å². The highest BCUT2D eigenvalue weighted by Crippen LogP contribution is 2.37. The van der Waals surface area contributed by atoms with Gasteiger partial charge in [-0.2, -0.15) is 5.26 Å². The first-order chi connectivity index (χ1) is 7.77. The number of carbonyl (C=O) groups excluding carboxylic acids is 1. The zero-order chi connectivity index (χ0) is 11.4. The van der Waals surface area contributed by atoms with Crippen LogP contribution in [-0.4, -0.2) is 10.9 Å². The van der Waals surface area contributed by atoms with Gasteiger partial charge in [0, 0.05) is 5.38 Å². The van der Waals surface area contributed by atoms with E-state index >= 15 is 0 Å². The lowest BCUT2D eigenvalue weighted by Crippen LogP contribution is -2.37. The molecule has 1 aromatic rings. The van der Waals surface area contributed by atoms with Crippen LogP contribution in [0.3, 0.4) is 0 Å². The predicted molar refractivity (Wildman–Crippen MR) is 60.5 cm³/mol. The van der Waals surface area contributed by atoms with E-state index in [-0.39, 0.29) is 5.91 Å². The predicted octanol–water partition coefficient (Wildman–Crippen LogP) is 1.84. The van der Waals surface area contributed by atoms with Gasteiger partial charge in [0.15, 0.2) is 0 Å². The summed E-state index contributed by atoms with van der Waals surface area (Å²) in [5.41, 5.74) is 1.80.